The van der Waals surface area contributed by atoms with Gasteiger partial charge in [-0.05, 0) is 104 Å². The Hall–Kier alpha value is -5.34. The van der Waals surface area contributed by atoms with Crippen LogP contribution in [0.25, 0.3) is 38.8 Å². The first-order valence-electron chi connectivity index (χ1n) is 16.3. The zero-order valence-corrected chi connectivity index (χ0v) is 26.8. The van der Waals surface area contributed by atoms with Gasteiger partial charge < -0.3 is 9.47 Å². The van der Waals surface area contributed by atoms with Crippen molar-refractivity contribution in [3.8, 4) is 27.9 Å². The molecule has 46 heavy (non-hydrogen) atoms. The lowest BCUT2D eigenvalue weighted by Crippen LogP contribution is -2.17. The van der Waals surface area contributed by atoms with Crippen molar-refractivity contribution in [2.75, 3.05) is 4.90 Å². The highest BCUT2D eigenvalue weighted by Crippen LogP contribution is 2.53. The topological polar surface area (TPSA) is 8.17 Å². The molecule has 0 atom stereocenters. The highest BCUT2D eigenvalue weighted by atomic mass is 15.1. The van der Waals surface area contributed by atoms with Crippen molar-refractivity contribution >= 4 is 28.0 Å². The number of benzene rings is 6. The first-order chi connectivity index (χ1) is 22.3. The Bertz CT molecular complexity index is 2330. The van der Waals surface area contributed by atoms with E-state index in [0.29, 0.717) is 0 Å². The number of para-hydroxylation sites is 1. The first kappa shape index (κ1) is 27.0. The number of nitrogens with zero attached hydrogens (tertiary/aromatic N) is 2. The van der Waals surface area contributed by atoms with E-state index in [4.69, 9.17) is 0 Å². The minimum atomic E-state index is -0.0829. The van der Waals surface area contributed by atoms with Gasteiger partial charge in [-0.3, -0.25) is 0 Å². The molecule has 0 aliphatic heterocycles. The van der Waals surface area contributed by atoms with Crippen molar-refractivity contribution < 1.29 is 0 Å². The average molecular weight is 593 g/mol. The summed E-state index contributed by atoms with van der Waals surface area (Å²) in [4.78, 5) is 2.45. The fraction of sp³-hybridized carbons (Fsp3) is 0.136. The van der Waals surface area contributed by atoms with E-state index in [1.165, 1.54) is 61.1 Å². The van der Waals surface area contributed by atoms with Gasteiger partial charge in [0.15, 0.2) is 0 Å². The van der Waals surface area contributed by atoms with E-state index in [9.17, 15) is 0 Å². The van der Waals surface area contributed by atoms with E-state index in [1.807, 2.05) is 0 Å². The van der Waals surface area contributed by atoms with Gasteiger partial charge in [-0.15, -0.1) is 0 Å². The number of hydrogen-bond acceptors (Lipinski definition) is 1. The average Bonchev–Trinajstić information content (AvgIpc) is 3.69. The third kappa shape index (κ3) is 3.77. The summed E-state index contributed by atoms with van der Waals surface area (Å²) in [5, 5.41) is 1.24. The van der Waals surface area contributed by atoms with Crippen molar-refractivity contribution in [3.63, 3.8) is 0 Å². The molecule has 7 aromatic rings. The molecule has 2 nitrogen and oxygen atoms in total. The smallest absolute Gasteiger partial charge is 0.0528 e. The maximum atomic E-state index is 2.45. The van der Waals surface area contributed by atoms with Crippen LogP contribution in [0.4, 0.5) is 17.1 Å². The molecule has 0 N–H and O–H groups in total. The van der Waals surface area contributed by atoms with E-state index >= 15 is 0 Å². The molecule has 2 heteroatoms. The summed E-state index contributed by atoms with van der Waals surface area (Å²) < 4.78 is 2.29. The van der Waals surface area contributed by atoms with Gasteiger partial charge in [-0.25, -0.2) is 0 Å². The Morgan fingerprint density at radius 2 is 1.02 bits per heavy atom. The van der Waals surface area contributed by atoms with E-state index in [0.717, 1.165) is 17.1 Å². The Kier molecular flexibility index (Phi) is 5.63. The number of anilines is 3. The van der Waals surface area contributed by atoms with Crippen molar-refractivity contribution in [2.45, 2.75) is 38.5 Å². The summed E-state index contributed by atoms with van der Waals surface area (Å²) in [6, 6.07) is 51.7. The fourth-order valence-corrected chi connectivity index (χ4v) is 8.22. The van der Waals surface area contributed by atoms with E-state index < -0.39 is 0 Å². The fourth-order valence-electron chi connectivity index (χ4n) is 8.22. The summed E-state index contributed by atoms with van der Waals surface area (Å²) in [7, 11) is 0. The molecule has 0 unspecified atom stereocenters. The lowest BCUT2D eigenvalue weighted by atomic mass is 9.82. The van der Waals surface area contributed by atoms with Gasteiger partial charge in [0.05, 0.1) is 5.52 Å². The lowest BCUT2D eigenvalue weighted by Gasteiger charge is -2.29. The van der Waals surface area contributed by atoms with Crippen LogP contribution in [0.5, 0.6) is 0 Å². The second kappa shape index (κ2) is 9.58. The van der Waals surface area contributed by atoms with Gasteiger partial charge in [0.2, 0.25) is 0 Å². The van der Waals surface area contributed by atoms with Crippen molar-refractivity contribution in [1.82, 2.24) is 4.57 Å². The molecule has 1 aromatic heterocycles. The molecule has 2 aliphatic rings. The first-order valence-corrected chi connectivity index (χ1v) is 16.3. The number of fused-ring (bicyclic) bond motifs is 7. The third-order valence-electron chi connectivity index (χ3n) is 10.6. The monoisotopic (exact) mass is 592 g/mol. The zero-order valence-electron chi connectivity index (χ0n) is 26.8. The highest BCUT2D eigenvalue weighted by molar-refractivity contribution is 5.89. The molecule has 0 radical (unpaired) electrons. The van der Waals surface area contributed by atoms with Gasteiger partial charge in [-0.1, -0.05) is 113 Å². The molecule has 9 rings (SSSR count). The summed E-state index contributed by atoms with van der Waals surface area (Å²) in [5.41, 5.74) is 16.6. The molecule has 0 saturated heterocycles. The molecule has 6 aromatic carbocycles. The van der Waals surface area contributed by atoms with Gasteiger partial charge in [-0.2, -0.15) is 0 Å². The quantitative estimate of drug-likeness (QED) is 0.197. The summed E-state index contributed by atoms with van der Waals surface area (Å²) in [5.74, 6) is 0. The van der Waals surface area contributed by atoms with Gasteiger partial charge in [0.1, 0.15) is 0 Å². The van der Waals surface area contributed by atoms with Crippen LogP contribution >= 0.6 is 0 Å². The molecule has 0 saturated carbocycles. The molecule has 1 heterocycles. The minimum Gasteiger partial charge on any atom is -0.316 e. The predicted molar refractivity (Wildman–Crippen MR) is 193 cm³/mol. The van der Waals surface area contributed by atoms with Gasteiger partial charge in [0, 0.05) is 39.8 Å². The maximum Gasteiger partial charge on any atom is 0.0528 e. The van der Waals surface area contributed by atoms with Crippen LogP contribution in [-0.4, -0.2) is 4.57 Å². The normalized spacial score (nSPS) is 14.9. The van der Waals surface area contributed by atoms with Crippen LogP contribution in [-0.2, 0) is 10.8 Å². The standard InChI is InChI=1S/C44H36N2/c1-43(2)39-18-9-7-16-35(39)37-27-32(21-23-40(37)43)46(31-14-11-13-30(26-31)45-25-24-29-12-5-10-19-42(29)45)33-20-22-36-34-15-6-8-17-38(34)44(3,4)41(36)28-33/h5-28H,1-4H3. The Morgan fingerprint density at radius 3 is 1.83 bits per heavy atom. The van der Waals surface area contributed by atoms with Gasteiger partial charge >= 0.3 is 0 Å². The molecule has 0 bridgehead atoms. The maximum absolute atomic E-state index is 2.45. The highest BCUT2D eigenvalue weighted by Gasteiger charge is 2.37. The Morgan fingerprint density at radius 1 is 0.435 bits per heavy atom. The van der Waals surface area contributed by atoms with E-state index in [-0.39, 0.29) is 10.8 Å². The second-order valence-corrected chi connectivity index (χ2v) is 13.9. The Balaban J connectivity index is 1.25. The molecule has 0 spiro atoms. The summed E-state index contributed by atoms with van der Waals surface area (Å²) in [6.45, 7) is 9.41. The van der Waals surface area contributed by atoms with Crippen LogP contribution in [0.1, 0.15) is 49.9 Å². The lowest BCUT2D eigenvalue weighted by molar-refractivity contribution is 0.660. The van der Waals surface area contributed by atoms with Gasteiger partial charge in [0.25, 0.3) is 0 Å². The molecule has 222 valence electrons. The van der Waals surface area contributed by atoms with Crippen molar-refractivity contribution in [2.24, 2.45) is 0 Å². The SMILES string of the molecule is CC1(C)c2ccccc2-c2cc(N(c3cccc(-n4ccc5ccccc54)c3)c3ccc4c(c3)C(C)(C)c3ccccc3-4)ccc21. The largest absolute Gasteiger partial charge is 0.316 e. The second-order valence-electron chi connectivity index (χ2n) is 13.9. The Labute approximate surface area is 271 Å². The number of aromatic nitrogens is 1. The third-order valence-corrected chi connectivity index (χ3v) is 10.6. The predicted octanol–water partition coefficient (Wildman–Crippen LogP) is 11.7. The molecular formula is C44H36N2. The van der Waals surface area contributed by atoms with E-state index in [1.54, 1.807) is 0 Å². The molecule has 2 aliphatic carbocycles. The van der Waals surface area contributed by atoms with Crippen LogP contribution in [0.15, 0.2) is 146 Å². The molecular weight excluding hydrogens is 556 g/mol. The van der Waals surface area contributed by atoms with Crippen molar-refractivity contribution in [3.05, 3.63) is 168 Å². The van der Waals surface area contributed by atoms with Crippen LogP contribution in [0.3, 0.4) is 0 Å². The van der Waals surface area contributed by atoms with E-state index in [2.05, 4.69) is 183 Å². The van der Waals surface area contributed by atoms with Crippen LogP contribution in [0, 0.1) is 0 Å². The molecule has 0 amide bonds. The van der Waals surface area contributed by atoms with Crippen LogP contribution < -0.4 is 4.90 Å². The number of rotatable bonds is 4. The van der Waals surface area contributed by atoms with Crippen molar-refractivity contribution in [1.29, 1.82) is 0 Å². The number of hydrogen-bond donors (Lipinski definition) is 0. The minimum absolute atomic E-state index is 0.0337. The zero-order chi connectivity index (χ0) is 31.2. The molecule has 0 fully saturated rings. The van der Waals surface area contributed by atoms with Crippen LogP contribution in [0.2, 0.25) is 0 Å². The summed E-state index contributed by atoms with van der Waals surface area (Å²) >= 11 is 0. The summed E-state index contributed by atoms with van der Waals surface area (Å²) in [6.07, 6.45) is 2.18.